The van der Waals surface area contributed by atoms with Gasteiger partial charge >= 0.3 is 6.03 Å². The van der Waals surface area contributed by atoms with Gasteiger partial charge in [-0.15, -0.1) is 0 Å². The van der Waals surface area contributed by atoms with Crippen molar-refractivity contribution in [1.29, 1.82) is 0 Å². The highest BCUT2D eigenvalue weighted by Gasteiger charge is 2.25. The molecule has 2 amide bonds. The number of carbonyl (C=O) groups is 1. The van der Waals surface area contributed by atoms with Crippen molar-refractivity contribution in [3.8, 4) is 0 Å². The van der Waals surface area contributed by atoms with E-state index in [9.17, 15) is 9.18 Å². The van der Waals surface area contributed by atoms with E-state index >= 15 is 0 Å². The van der Waals surface area contributed by atoms with Crippen molar-refractivity contribution in [2.75, 3.05) is 31.9 Å². The molecule has 0 aromatic heterocycles. The summed E-state index contributed by atoms with van der Waals surface area (Å²) in [6, 6.07) is 7.07. The molecular weight excluding hydrogens is 287 g/mol. The Balaban J connectivity index is 2.02. The summed E-state index contributed by atoms with van der Waals surface area (Å²) >= 11 is 1.75. The van der Waals surface area contributed by atoms with Crippen molar-refractivity contribution in [2.45, 2.75) is 25.5 Å². The maximum Gasteiger partial charge on any atom is 0.320 e. The molecule has 1 atom stereocenters. The van der Waals surface area contributed by atoms with Crippen molar-refractivity contribution < 1.29 is 9.18 Å². The molecule has 1 aliphatic heterocycles. The number of benzene rings is 1. The highest BCUT2D eigenvalue weighted by atomic mass is 32.2. The molecule has 21 heavy (non-hydrogen) atoms. The summed E-state index contributed by atoms with van der Waals surface area (Å²) in [5, 5.41) is 0.140. The molecule has 0 spiro atoms. The lowest BCUT2D eigenvalue weighted by Gasteiger charge is -2.28. The van der Waals surface area contributed by atoms with E-state index in [1.807, 2.05) is 35.8 Å². The Labute approximate surface area is 130 Å². The van der Waals surface area contributed by atoms with Crippen LogP contribution in [0.1, 0.15) is 31.1 Å². The fraction of sp³-hybridized carbons (Fsp3) is 0.562. The quantitative estimate of drug-likeness (QED) is 0.848. The molecule has 1 fully saturated rings. The van der Waals surface area contributed by atoms with Gasteiger partial charge in [0, 0.05) is 42.7 Å². The molecule has 0 bridgehead atoms. The number of carbonyl (C=O) groups excluding carboxylic acids is 1. The first-order chi connectivity index (χ1) is 10.2. The Hall–Kier alpha value is -1.23. The van der Waals surface area contributed by atoms with Crippen molar-refractivity contribution >= 4 is 17.8 Å². The topological polar surface area (TPSA) is 23.6 Å². The largest absolute Gasteiger partial charge is 0.325 e. The van der Waals surface area contributed by atoms with Crippen LogP contribution >= 0.6 is 11.8 Å². The molecule has 1 heterocycles. The lowest BCUT2D eigenvalue weighted by molar-refractivity contribution is 0.160. The second-order valence-corrected chi connectivity index (χ2v) is 6.42. The summed E-state index contributed by atoms with van der Waals surface area (Å²) in [5.41, 5.74) is 0.764. The monoisotopic (exact) mass is 310 g/mol. The minimum absolute atomic E-state index is 0.106. The number of rotatable bonds is 3. The van der Waals surface area contributed by atoms with Gasteiger partial charge in [-0.1, -0.05) is 18.2 Å². The van der Waals surface area contributed by atoms with Gasteiger partial charge in [0.05, 0.1) is 0 Å². The first-order valence-corrected chi connectivity index (χ1v) is 8.62. The number of thioether (sulfide) groups is 1. The maximum absolute atomic E-state index is 13.9. The van der Waals surface area contributed by atoms with Crippen LogP contribution in [0.3, 0.4) is 0 Å². The molecular formula is C16H23FN2OS. The Bertz CT molecular complexity index is 479. The third kappa shape index (κ3) is 3.90. The smallest absolute Gasteiger partial charge is 0.320 e. The fourth-order valence-electron chi connectivity index (χ4n) is 2.64. The number of halogens is 1. The van der Waals surface area contributed by atoms with E-state index in [-0.39, 0.29) is 17.1 Å². The third-order valence-electron chi connectivity index (χ3n) is 3.90. The number of hydrogen-bond donors (Lipinski definition) is 0. The predicted octanol–water partition coefficient (Wildman–Crippen LogP) is 3.77. The van der Waals surface area contributed by atoms with E-state index in [1.54, 1.807) is 17.8 Å². The average molecular weight is 310 g/mol. The molecule has 5 heteroatoms. The van der Waals surface area contributed by atoms with Gasteiger partial charge in [0.15, 0.2) is 0 Å². The lowest BCUT2D eigenvalue weighted by atomic mass is 10.1. The van der Waals surface area contributed by atoms with Gasteiger partial charge in [-0.05, 0) is 26.3 Å². The third-order valence-corrected chi connectivity index (χ3v) is 5.21. The zero-order valence-electron chi connectivity index (χ0n) is 12.7. The van der Waals surface area contributed by atoms with Crippen molar-refractivity contribution in [1.82, 2.24) is 9.80 Å². The minimum atomic E-state index is -0.140. The Morgan fingerprint density at radius 2 is 2.05 bits per heavy atom. The number of nitrogens with zero attached hydrogens (tertiary/aromatic N) is 2. The summed E-state index contributed by atoms with van der Waals surface area (Å²) in [6.45, 7) is 6.89. The van der Waals surface area contributed by atoms with E-state index in [2.05, 4.69) is 0 Å². The highest BCUT2D eigenvalue weighted by Crippen LogP contribution is 2.35. The van der Waals surface area contributed by atoms with Crippen LogP contribution in [0.25, 0.3) is 0 Å². The van der Waals surface area contributed by atoms with Crippen molar-refractivity contribution in [3.05, 3.63) is 35.6 Å². The number of amides is 2. The van der Waals surface area contributed by atoms with Crippen molar-refractivity contribution in [2.24, 2.45) is 0 Å². The molecule has 1 saturated heterocycles. The van der Waals surface area contributed by atoms with Crippen LogP contribution in [0.2, 0.25) is 0 Å². The zero-order valence-corrected chi connectivity index (χ0v) is 13.5. The Morgan fingerprint density at radius 1 is 1.33 bits per heavy atom. The Morgan fingerprint density at radius 3 is 2.71 bits per heavy atom. The summed E-state index contributed by atoms with van der Waals surface area (Å²) in [7, 11) is 0. The van der Waals surface area contributed by atoms with Crippen LogP contribution < -0.4 is 0 Å². The molecule has 0 N–H and O–H groups in total. The molecule has 116 valence electrons. The summed E-state index contributed by atoms with van der Waals surface area (Å²) in [5.74, 6) is 0.713. The SMILES string of the molecule is CCN(CC)C(=O)N1CCSC(c2ccccc2F)CC1. The summed E-state index contributed by atoms with van der Waals surface area (Å²) in [6.07, 6.45) is 0.804. The fourth-order valence-corrected chi connectivity index (χ4v) is 3.89. The predicted molar refractivity (Wildman–Crippen MR) is 86.1 cm³/mol. The van der Waals surface area contributed by atoms with Crippen LogP contribution in [0.4, 0.5) is 9.18 Å². The first-order valence-electron chi connectivity index (χ1n) is 7.57. The summed E-state index contributed by atoms with van der Waals surface area (Å²) < 4.78 is 13.9. The van der Waals surface area contributed by atoms with Crippen LogP contribution in [0, 0.1) is 5.82 Å². The van der Waals surface area contributed by atoms with Crippen LogP contribution in [0.5, 0.6) is 0 Å². The molecule has 1 aromatic rings. The van der Waals surface area contributed by atoms with E-state index in [0.717, 1.165) is 37.4 Å². The molecule has 1 aliphatic rings. The standard InChI is InChI=1S/C16H23FN2OS/c1-3-18(4-2)16(20)19-10-9-15(21-12-11-19)13-7-5-6-8-14(13)17/h5-8,15H,3-4,9-12H2,1-2H3. The average Bonchev–Trinajstić information content (AvgIpc) is 2.75. The lowest BCUT2D eigenvalue weighted by Crippen LogP contribution is -2.44. The van der Waals surface area contributed by atoms with Gasteiger partial charge in [-0.2, -0.15) is 11.8 Å². The number of urea groups is 1. The van der Waals surface area contributed by atoms with Crippen molar-refractivity contribution in [3.63, 3.8) is 0 Å². The first kappa shape index (κ1) is 16.1. The van der Waals surface area contributed by atoms with Gasteiger partial charge in [-0.3, -0.25) is 0 Å². The van der Waals surface area contributed by atoms with Gasteiger partial charge in [0.2, 0.25) is 0 Å². The summed E-state index contributed by atoms with van der Waals surface area (Å²) in [4.78, 5) is 16.1. The van der Waals surface area contributed by atoms with Gasteiger partial charge in [0.1, 0.15) is 5.82 Å². The maximum atomic E-state index is 13.9. The van der Waals surface area contributed by atoms with Crippen LogP contribution in [-0.4, -0.2) is 47.8 Å². The second-order valence-electron chi connectivity index (χ2n) is 5.11. The second kappa shape index (κ2) is 7.69. The minimum Gasteiger partial charge on any atom is -0.325 e. The number of hydrogen-bond acceptors (Lipinski definition) is 2. The van der Waals surface area contributed by atoms with Gasteiger partial charge in [-0.25, -0.2) is 9.18 Å². The normalized spacial score (nSPS) is 19.2. The van der Waals surface area contributed by atoms with Gasteiger partial charge in [0.25, 0.3) is 0 Å². The molecule has 1 unspecified atom stereocenters. The van der Waals surface area contributed by atoms with E-state index in [1.165, 1.54) is 6.07 Å². The van der Waals surface area contributed by atoms with Crippen LogP contribution in [0.15, 0.2) is 24.3 Å². The van der Waals surface area contributed by atoms with Crippen LogP contribution in [-0.2, 0) is 0 Å². The molecule has 2 rings (SSSR count). The molecule has 0 saturated carbocycles. The Kier molecular flexibility index (Phi) is 5.91. The van der Waals surface area contributed by atoms with Gasteiger partial charge < -0.3 is 9.80 Å². The molecule has 0 radical (unpaired) electrons. The molecule has 3 nitrogen and oxygen atoms in total. The molecule has 1 aromatic carbocycles. The van der Waals surface area contributed by atoms with E-state index in [0.29, 0.717) is 6.54 Å². The van der Waals surface area contributed by atoms with E-state index in [4.69, 9.17) is 0 Å². The zero-order chi connectivity index (χ0) is 15.2. The highest BCUT2D eigenvalue weighted by molar-refractivity contribution is 7.99. The van der Waals surface area contributed by atoms with E-state index < -0.39 is 0 Å². The molecule has 0 aliphatic carbocycles.